The Kier molecular flexibility index (Phi) is 4.64. The third-order valence-corrected chi connectivity index (χ3v) is 3.08. The standard InChI is InChI=1S/C8H7N3O3S2.Na.H/c12-16(13,14)7-3-1-2-6(4-7)11-5-9-10-8(11)15;;/h1-5H,(H,10,15)(H,12,13,14);;/q;+1;-1. The molecule has 0 bridgehead atoms. The van der Waals surface area contributed by atoms with E-state index in [0.717, 1.165) is 0 Å². The minimum absolute atomic E-state index is 0. The molecule has 2 aromatic rings. The topological polar surface area (TPSA) is 88.0 Å². The molecule has 0 aliphatic carbocycles. The van der Waals surface area contributed by atoms with Gasteiger partial charge in [0.05, 0.1) is 10.6 Å². The Labute approximate surface area is 126 Å². The molecule has 9 heteroatoms. The van der Waals surface area contributed by atoms with E-state index in [2.05, 4.69) is 10.2 Å². The molecule has 86 valence electrons. The molecule has 0 spiro atoms. The van der Waals surface area contributed by atoms with E-state index in [1.54, 1.807) is 6.07 Å². The van der Waals surface area contributed by atoms with E-state index in [0.29, 0.717) is 10.5 Å². The van der Waals surface area contributed by atoms with Gasteiger partial charge in [-0.3, -0.25) is 14.2 Å². The molecule has 1 aromatic heterocycles. The summed E-state index contributed by atoms with van der Waals surface area (Å²) in [5, 5.41) is 6.25. The van der Waals surface area contributed by atoms with Gasteiger partial charge < -0.3 is 1.43 Å². The van der Waals surface area contributed by atoms with Gasteiger partial charge in [-0.2, -0.15) is 13.5 Å². The summed E-state index contributed by atoms with van der Waals surface area (Å²) in [6.45, 7) is 0. The van der Waals surface area contributed by atoms with Gasteiger partial charge in [-0.15, -0.1) is 0 Å². The molecule has 1 aromatic carbocycles. The molecular formula is C8H8N3NaO3S2. The molecule has 0 unspecified atom stereocenters. The molecule has 0 atom stereocenters. The van der Waals surface area contributed by atoms with Gasteiger partial charge in [0, 0.05) is 0 Å². The van der Waals surface area contributed by atoms with Crippen LogP contribution in [0.25, 0.3) is 5.69 Å². The number of aromatic amines is 1. The zero-order valence-electron chi connectivity index (χ0n) is 9.86. The maximum atomic E-state index is 10.9. The largest absolute Gasteiger partial charge is 1.00 e. The Morgan fingerprint density at radius 2 is 2.18 bits per heavy atom. The Hall–Kier alpha value is -0.510. The van der Waals surface area contributed by atoms with Gasteiger partial charge in [0.1, 0.15) is 6.33 Å². The fourth-order valence-corrected chi connectivity index (χ4v) is 1.95. The summed E-state index contributed by atoms with van der Waals surface area (Å²) in [7, 11) is -4.21. The number of hydrogen-bond acceptors (Lipinski definition) is 4. The second-order valence-electron chi connectivity index (χ2n) is 3.00. The van der Waals surface area contributed by atoms with Crippen molar-refractivity contribution in [3.8, 4) is 5.69 Å². The predicted molar refractivity (Wildman–Crippen MR) is 59.7 cm³/mol. The number of aromatic nitrogens is 3. The molecule has 2 N–H and O–H groups in total. The first-order valence-corrected chi connectivity index (χ1v) is 6.03. The first-order chi connectivity index (χ1) is 7.48. The van der Waals surface area contributed by atoms with Gasteiger partial charge in [-0.1, -0.05) is 6.07 Å². The van der Waals surface area contributed by atoms with Crippen molar-refractivity contribution in [2.75, 3.05) is 0 Å². The van der Waals surface area contributed by atoms with Crippen LogP contribution in [0.4, 0.5) is 0 Å². The van der Waals surface area contributed by atoms with E-state index in [9.17, 15) is 8.42 Å². The van der Waals surface area contributed by atoms with E-state index in [4.69, 9.17) is 16.8 Å². The van der Waals surface area contributed by atoms with Crippen LogP contribution < -0.4 is 29.6 Å². The maximum Gasteiger partial charge on any atom is 1.00 e. The Balaban J connectivity index is 0.00000144. The Morgan fingerprint density at radius 1 is 1.47 bits per heavy atom. The van der Waals surface area contributed by atoms with Gasteiger partial charge in [0.25, 0.3) is 10.1 Å². The Bertz CT molecular complexity index is 683. The van der Waals surface area contributed by atoms with Crippen molar-refractivity contribution in [2.45, 2.75) is 4.90 Å². The summed E-state index contributed by atoms with van der Waals surface area (Å²) >= 11 is 4.94. The number of hydrogen-bond donors (Lipinski definition) is 2. The van der Waals surface area contributed by atoms with E-state index in [1.165, 1.54) is 29.1 Å². The maximum absolute atomic E-state index is 10.9. The van der Waals surface area contributed by atoms with E-state index in [-0.39, 0.29) is 35.9 Å². The molecule has 6 nitrogen and oxygen atoms in total. The fraction of sp³-hybridized carbons (Fsp3) is 0. The minimum Gasteiger partial charge on any atom is -1.00 e. The third-order valence-electron chi connectivity index (χ3n) is 1.95. The minimum atomic E-state index is -4.21. The summed E-state index contributed by atoms with van der Waals surface area (Å²) in [4.78, 5) is -0.187. The van der Waals surface area contributed by atoms with Gasteiger partial charge in [0.15, 0.2) is 4.77 Å². The van der Waals surface area contributed by atoms with Gasteiger partial charge >= 0.3 is 29.6 Å². The molecular weight excluding hydrogens is 273 g/mol. The molecule has 2 rings (SSSR count). The van der Waals surface area contributed by atoms with E-state index >= 15 is 0 Å². The van der Waals surface area contributed by atoms with Crippen LogP contribution in [-0.2, 0) is 10.1 Å². The van der Waals surface area contributed by atoms with Crippen LogP contribution in [0.15, 0.2) is 35.5 Å². The van der Waals surface area contributed by atoms with Crippen LogP contribution in [-0.4, -0.2) is 27.7 Å². The smallest absolute Gasteiger partial charge is 1.00 e. The molecule has 0 aliphatic heterocycles. The molecule has 1 heterocycles. The summed E-state index contributed by atoms with van der Waals surface area (Å²) in [5.74, 6) is 0. The SMILES string of the molecule is O=S(=O)(O)c1cccc(-n2cn[nH]c2=S)c1.[H-].[Na+]. The molecule has 0 radical (unpaired) electrons. The van der Waals surface area contributed by atoms with Gasteiger partial charge in [-0.25, -0.2) is 0 Å². The average Bonchev–Trinajstić information content (AvgIpc) is 2.63. The van der Waals surface area contributed by atoms with E-state index in [1.807, 2.05) is 0 Å². The van der Waals surface area contributed by atoms with Gasteiger partial charge in [-0.05, 0) is 30.4 Å². The number of H-pyrrole nitrogens is 1. The van der Waals surface area contributed by atoms with Crippen LogP contribution >= 0.6 is 12.2 Å². The third kappa shape index (κ3) is 3.24. The molecule has 0 amide bonds. The molecule has 0 fully saturated rings. The number of rotatable bonds is 2. The zero-order valence-corrected chi connectivity index (χ0v) is 12.5. The predicted octanol–water partition coefficient (Wildman–Crippen LogP) is -1.71. The molecule has 0 saturated heterocycles. The number of benzene rings is 1. The summed E-state index contributed by atoms with van der Waals surface area (Å²) < 4.78 is 32.6. The summed E-state index contributed by atoms with van der Waals surface area (Å²) in [6, 6.07) is 5.76. The quantitative estimate of drug-likeness (QED) is 0.389. The zero-order chi connectivity index (χ0) is 11.8. The number of nitrogens with zero attached hydrogens (tertiary/aromatic N) is 2. The van der Waals surface area contributed by atoms with Crippen LogP contribution in [0, 0.1) is 4.77 Å². The van der Waals surface area contributed by atoms with Crippen molar-refractivity contribution in [2.24, 2.45) is 0 Å². The van der Waals surface area contributed by atoms with E-state index < -0.39 is 10.1 Å². The first-order valence-electron chi connectivity index (χ1n) is 4.18. The van der Waals surface area contributed by atoms with Crippen molar-refractivity contribution >= 4 is 22.3 Å². The van der Waals surface area contributed by atoms with Crippen molar-refractivity contribution in [3.63, 3.8) is 0 Å². The first kappa shape index (κ1) is 14.6. The van der Waals surface area contributed by atoms with Gasteiger partial charge in [0.2, 0.25) is 0 Å². The molecule has 0 aliphatic rings. The molecule has 17 heavy (non-hydrogen) atoms. The fourth-order valence-electron chi connectivity index (χ4n) is 1.23. The number of nitrogens with one attached hydrogen (secondary N) is 1. The van der Waals surface area contributed by atoms with Crippen molar-refractivity contribution in [3.05, 3.63) is 35.4 Å². The van der Waals surface area contributed by atoms with Crippen LogP contribution in [0.3, 0.4) is 0 Å². The molecule has 0 saturated carbocycles. The monoisotopic (exact) mass is 281 g/mol. The van der Waals surface area contributed by atoms with Crippen molar-refractivity contribution < 1.29 is 44.0 Å². The second kappa shape index (κ2) is 5.42. The second-order valence-corrected chi connectivity index (χ2v) is 4.81. The van der Waals surface area contributed by atoms with Crippen LogP contribution in [0.5, 0.6) is 0 Å². The van der Waals surface area contributed by atoms with Crippen molar-refractivity contribution in [1.29, 1.82) is 0 Å². The van der Waals surface area contributed by atoms with Crippen LogP contribution in [0.2, 0.25) is 0 Å². The summed E-state index contributed by atoms with van der Waals surface area (Å²) in [5.41, 5.74) is 0.508. The average molecular weight is 281 g/mol. The summed E-state index contributed by atoms with van der Waals surface area (Å²) in [6.07, 6.45) is 1.42. The van der Waals surface area contributed by atoms with Crippen LogP contribution in [0.1, 0.15) is 1.43 Å². The Morgan fingerprint density at radius 3 is 2.71 bits per heavy atom. The normalized spacial score (nSPS) is 10.9. The van der Waals surface area contributed by atoms with Crippen molar-refractivity contribution in [1.82, 2.24) is 14.8 Å².